The molecule has 0 saturated carbocycles. The zero-order valence-electron chi connectivity index (χ0n) is 16.5. The average Bonchev–Trinajstić information content (AvgIpc) is 2.78. The van der Waals surface area contributed by atoms with Gasteiger partial charge in [-0.3, -0.25) is 9.59 Å². The standard InChI is InChI=1S/C24H18FN3O2S/c25-20-3-1-2-18(10-20)14-28(13-17-6-4-16(12-26)5-7-17)24(30)19-8-9-22-21(11-19)27-23(29)15-31-22/h1-11H,13-15H2,(H,27,29). The van der Waals surface area contributed by atoms with Crippen LogP contribution in [0.5, 0.6) is 0 Å². The highest BCUT2D eigenvalue weighted by Gasteiger charge is 2.21. The van der Waals surface area contributed by atoms with Crippen LogP contribution in [0.15, 0.2) is 71.6 Å². The first kappa shape index (κ1) is 20.6. The van der Waals surface area contributed by atoms with Crippen molar-refractivity contribution in [1.82, 2.24) is 4.90 Å². The van der Waals surface area contributed by atoms with E-state index in [1.807, 2.05) is 6.07 Å². The van der Waals surface area contributed by atoms with Gasteiger partial charge in [-0.2, -0.15) is 5.26 Å². The molecule has 0 fully saturated rings. The summed E-state index contributed by atoms with van der Waals surface area (Å²) in [5.41, 5.74) is 3.12. The van der Waals surface area contributed by atoms with Crippen molar-refractivity contribution in [3.05, 3.63) is 94.8 Å². The van der Waals surface area contributed by atoms with Crippen LogP contribution in [0.2, 0.25) is 0 Å². The molecule has 0 aliphatic carbocycles. The van der Waals surface area contributed by atoms with Crippen molar-refractivity contribution in [2.75, 3.05) is 11.1 Å². The Morgan fingerprint density at radius 2 is 1.84 bits per heavy atom. The quantitative estimate of drug-likeness (QED) is 0.642. The van der Waals surface area contributed by atoms with E-state index in [1.165, 1.54) is 23.9 Å². The van der Waals surface area contributed by atoms with Gasteiger partial charge in [0.2, 0.25) is 5.91 Å². The largest absolute Gasteiger partial charge is 0.330 e. The van der Waals surface area contributed by atoms with E-state index >= 15 is 0 Å². The lowest BCUT2D eigenvalue weighted by Crippen LogP contribution is -2.30. The first-order valence-corrected chi connectivity index (χ1v) is 10.6. The van der Waals surface area contributed by atoms with Gasteiger partial charge < -0.3 is 10.2 Å². The van der Waals surface area contributed by atoms with Gasteiger partial charge >= 0.3 is 0 Å². The number of nitrogens with zero attached hydrogens (tertiary/aromatic N) is 2. The second-order valence-corrected chi connectivity index (χ2v) is 8.16. The second-order valence-electron chi connectivity index (χ2n) is 7.15. The molecule has 1 aliphatic rings. The molecule has 0 saturated heterocycles. The van der Waals surface area contributed by atoms with Gasteiger partial charge in [0.1, 0.15) is 5.82 Å². The van der Waals surface area contributed by atoms with Gasteiger partial charge in [0.15, 0.2) is 0 Å². The third-order valence-electron chi connectivity index (χ3n) is 4.87. The maximum absolute atomic E-state index is 13.7. The second kappa shape index (κ2) is 9.02. The number of nitrogens with one attached hydrogen (secondary N) is 1. The smallest absolute Gasteiger partial charge is 0.254 e. The van der Waals surface area contributed by atoms with E-state index in [0.717, 1.165) is 10.5 Å². The number of hydrogen-bond donors (Lipinski definition) is 1. The van der Waals surface area contributed by atoms with Gasteiger partial charge in [0.25, 0.3) is 5.91 Å². The van der Waals surface area contributed by atoms with Crippen molar-refractivity contribution in [3.8, 4) is 6.07 Å². The number of thioether (sulfide) groups is 1. The van der Waals surface area contributed by atoms with E-state index in [9.17, 15) is 14.0 Å². The molecule has 0 bridgehead atoms. The third kappa shape index (κ3) is 4.93. The van der Waals surface area contributed by atoms with Crippen LogP contribution in [0.25, 0.3) is 0 Å². The highest BCUT2D eigenvalue weighted by Crippen LogP contribution is 2.32. The first-order valence-electron chi connectivity index (χ1n) is 9.61. The van der Waals surface area contributed by atoms with Gasteiger partial charge in [0.05, 0.1) is 23.1 Å². The Morgan fingerprint density at radius 3 is 2.58 bits per heavy atom. The summed E-state index contributed by atoms with van der Waals surface area (Å²) in [6.45, 7) is 0.508. The molecule has 3 aromatic carbocycles. The fourth-order valence-electron chi connectivity index (χ4n) is 3.36. The number of carbonyl (C=O) groups is 2. The lowest BCUT2D eigenvalue weighted by atomic mass is 10.1. The van der Waals surface area contributed by atoms with Crippen molar-refractivity contribution >= 4 is 29.3 Å². The van der Waals surface area contributed by atoms with Crippen LogP contribution in [0.3, 0.4) is 0 Å². The van der Waals surface area contributed by atoms with E-state index < -0.39 is 0 Å². The Morgan fingerprint density at radius 1 is 1.06 bits per heavy atom. The highest BCUT2D eigenvalue weighted by atomic mass is 32.2. The first-order chi connectivity index (χ1) is 15.0. The maximum Gasteiger partial charge on any atom is 0.254 e. The van der Waals surface area contributed by atoms with Crippen LogP contribution < -0.4 is 5.32 Å². The molecule has 31 heavy (non-hydrogen) atoms. The minimum atomic E-state index is -0.364. The predicted octanol–water partition coefficient (Wildman–Crippen LogP) is 4.58. The molecular formula is C24H18FN3O2S. The minimum Gasteiger partial charge on any atom is -0.330 e. The molecule has 4 rings (SSSR count). The van der Waals surface area contributed by atoms with Crippen LogP contribution >= 0.6 is 11.8 Å². The average molecular weight is 431 g/mol. The van der Waals surface area contributed by atoms with Crippen molar-refractivity contribution in [1.29, 1.82) is 5.26 Å². The lowest BCUT2D eigenvalue weighted by molar-refractivity contribution is -0.113. The van der Waals surface area contributed by atoms with E-state index in [1.54, 1.807) is 53.4 Å². The number of carbonyl (C=O) groups excluding carboxylic acids is 2. The number of nitriles is 1. The summed E-state index contributed by atoms with van der Waals surface area (Å²) in [7, 11) is 0. The summed E-state index contributed by atoms with van der Waals surface area (Å²) in [6.07, 6.45) is 0. The third-order valence-corrected chi connectivity index (χ3v) is 5.94. The number of halogens is 1. The van der Waals surface area contributed by atoms with Crippen LogP contribution in [-0.4, -0.2) is 22.5 Å². The Kier molecular flexibility index (Phi) is 6.01. The molecule has 1 heterocycles. The van der Waals surface area contributed by atoms with Gasteiger partial charge in [-0.25, -0.2) is 4.39 Å². The Balaban J connectivity index is 1.63. The molecule has 0 aromatic heterocycles. The highest BCUT2D eigenvalue weighted by molar-refractivity contribution is 8.00. The van der Waals surface area contributed by atoms with Crippen LogP contribution in [0.4, 0.5) is 10.1 Å². The summed E-state index contributed by atoms with van der Waals surface area (Å²) >= 11 is 1.43. The van der Waals surface area contributed by atoms with Crippen molar-refractivity contribution < 1.29 is 14.0 Å². The zero-order valence-corrected chi connectivity index (χ0v) is 17.3. The summed E-state index contributed by atoms with van der Waals surface area (Å²) in [5, 5.41) is 11.8. The lowest BCUT2D eigenvalue weighted by Gasteiger charge is -2.24. The summed E-state index contributed by atoms with van der Waals surface area (Å²) in [5.74, 6) is -0.348. The van der Waals surface area contributed by atoms with Gasteiger partial charge in [0, 0.05) is 23.5 Å². The monoisotopic (exact) mass is 431 g/mol. The van der Waals surface area contributed by atoms with Crippen molar-refractivity contribution in [2.24, 2.45) is 0 Å². The maximum atomic E-state index is 13.7. The fourth-order valence-corrected chi connectivity index (χ4v) is 4.15. The molecule has 1 aliphatic heterocycles. The van der Waals surface area contributed by atoms with E-state index in [0.29, 0.717) is 34.7 Å². The summed E-state index contributed by atoms with van der Waals surface area (Å²) in [6, 6.07) is 20.5. The molecule has 3 aromatic rings. The molecule has 1 N–H and O–H groups in total. The van der Waals surface area contributed by atoms with Gasteiger partial charge in [-0.05, 0) is 53.6 Å². The topological polar surface area (TPSA) is 73.2 Å². The Hall–Kier alpha value is -3.63. The predicted molar refractivity (Wildman–Crippen MR) is 117 cm³/mol. The normalized spacial score (nSPS) is 12.5. The van der Waals surface area contributed by atoms with E-state index in [-0.39, 0.29) is 24.2 Å². The van der Waals surface area contributed by atoms with E-state index in [4.69, 9.17) is 5.26 Å². The summed E-state index contributed by atoms with van der Waals surface area (Å²) < 4.78 is 13.7. The molecule has 0 spiro atoms. The van der Waals surface area contributed by atoms with Crippen LogP contribution in [-0.2, 0) is 17.9 Å². The molecule has 0 atom stereocenters. The number of fused-ring (bicyclic) bond motifs is 1. The number of anilines is 1. The zero-order chi connectivity index (χ0) is 21.8. The Bertz CT molecular complexity index is 1190. The summed E-state index contributed by atoms with van der Waals surface area (Å²) in [4.78, 5) is 27.6. The van der Waals surface area contributed by atoms with Gasteiger partial charge in [-0.15, -0.1) is 11.8 Å². The molecule has 7 heteroatoms. The van der Waals surface area contributed by atoms with Crippen molar-refractivity contribution in [2.45, 2.75) is 18.0 Å². The number of benzene rings is 3. The van der Waals surface area contributed by atoms with Crippen LogP contribution in [0, 0.1) is 17.1 Å². The fraction of sp³-hybridized carbons (Fsp3) is 0.125. The molecule has 0 unspecified atom stereocenters. The molecule has 2 amide bonds. The van der Waals surface area contributed by atoms with Gasteiger partial charge in [-0.1, -0.05) is 24.3 Å². The number of rotatable bonds is 5. The van der Waals surface area contributed by atoms with E-state index in [2.05, 4.69) is 11.4 Å². The molecule has 5 nitrogen and oxygen atoms in total. The molecule has 154 valence electrons. The molecule has 0 radical (unpaired) electrons. The van der Waals surface area contributed by atoms with Crippen molar-refractivity contribution in [3.63, 3.8) is 0 Å². The minimum absolute atomic E-state index is 0.101. The Labute approximate surface area is 183 Å². The number of hydrogen-bond acceptors (Lipinski definition) is 4. The number of amides is 2. The molecular weight excluding hydrogens is 413 g/mol. The SMILES string of the molecule is N#Cc1ccc(CN(Cc2cccc(F)c2)C(=O)c2ccc3c(c2)NC(=O)CS3)cc1. The van der Waals surface area contributed by atoms with Crippen LogP contribution in [0.1, 0.15) is 27.0 Å².